The lowest BCUT2D eigenvalue weighted by atomic mass is 9.97. The Hall–Kier alpha value is -5.39. The van der Waals surface area contributed by atoms with Gasteiger partial charge in [-0.3, -0.25) is 9.59 Å². The van der Waals surface area contributed by atoms with Gasteiger partial charge in [-0.25, -0.2) is 14.4 Å². The molecule has 12 heteroatoms. The van der Waals surface area contributed by atoms with E-state index in [2.05, 4.69) is 28.1 Å². The van der Waals surface area contributed by atoms with Crippen LogP contribution in [0.2, 0.25) is 0 Å². The molecule has 0 bridgehead atoms. The van der Waals surface area contributed by atoms with E-state index in [1.54, 1.807) is 20.8 Å². The van der Waals surface area contributed by atoms with Crippen molar-refractivity contribution in [2.24, 2.45) is 5.92 Å². The average Bonchev–Trinajstić information content (AvgIpc) is 3.48. The summed E-state index contributed by atoms with van der Waals surface area (Å²) in [6.07, 6.45) is -1.91. The zero-order valence-electron chi connectivity index (χ0n) is 32.0. The van der Waals surface area contributed by atoms with Gasteiger partial charge in [0.2, 0.25) is 0 Å². The molecule has 0 fully saturated rings. The van der Waals surface area contributed by atoms with E-state index in [4.69, 9.17) is 14.2 Å². The van der Waals surface area contributed by atoms with Gasteiger partial charge in [0.05, 0.1) is 6.54 Å². The van der Waals surface area contributed by atoms with Crippen LogP contribution in [0.4, 0.5) is 14.4 Å². The Morgan fingerprint density at radius 3 is 1.98 bits per heavy atom. The van der Waals surface area contributed by atoms with Crippen LogP contribution in [0.5, 0.6) is 0 Å². The van der Waals surface area contributed by atoms with Crippen LogP contribution in [-0.4, -0.2) is 79.3 Å². The van der Waals surface area contributed by atoms with Crippen molar-refractivity contribution in [1.82, 2.24) is 20.9 Å². The molecule has 0 radical (unpaired) electrons. The number of alkyl carbamates (subject to hydrolysis) is 3. The van der Waals surface area contributed by atoms with E-state index in [1.807, 2.05) is 80.6 Å². The average molecular weight is 743 g/mol. The summed E-state index contributed by atoms with van der Waals surface area (Å²) in [5.74, 6) is -0.753. The van der Waals surface area contributed by atoms with Gasteiger partial charge >= 0.3 is 18.3 Å². The topological polar surface area (TPSA) is 152 Å². The van der Waals surface area contributed by atoms with Crippen molar-refractivity contribution >= 4 is 30.0 Å². The highest BCUT2D eigenvalue weighted by atomic mass is 16.6. The smallest absolute Gasteiger partial charge is 0.407 e. The highest BCUT2D eigenvalue weighted by Gasteiger charge is 2.32. The summed E-state index contributed by atoms with van der Waals surface area (Å²) < 4.78 is 16.4. The van der Waals surface area contributed by atoms with Crippen LogP contribution in [0.1, 0.15) is 82.9 Å². The molecule has 1 atom stereocenters. The first-order valence-corrected chi connectivity index (χ1v) is 18.7. The number of carbonyl (C=O) groups excluding carboxylic acids is 5. The molecule has 1 aliphatic rings. The van der Waals surface area contributed by atoms with E-state index in [9.17, 15) is 24.0 Å². The van der Waals surface area contributed by atoms with E-state index in [1.165, 1.54) is 4.90 Å². The number of ether oxygens (including phenoxy) is 3. The maximum atomic E-state index is 14.2. The summed E-state index contributed by atoms with van der Waals surface area (Å²) in [5.41, 5.74) is 4.50. The van der Waals surface area contributed by atoms with Crippen LogP contribution in [-0.2, 0) is 30.4 Å². The van der Waals surface area contributed by atoms with Gasteiger partial charge in [0.1, 0.15) is 12.2 Å². The molecule has 0 spiro atoms. The molecule has 3 N–H and O–H groups in total. The second kappa shape index (κ2) is 20.2. The van der Waals surface area contributed by atoms with E-state index >= 15 is 0 Å². The van der Waals surface area contributed by atoms with E-state index in [0.717, 1.165) is 40.7 Å². The number of fused-ring (bicyclic) bond motifs is 3. The minimum atomic E-state index is -1.27. The van der Waals surface area contributed by atoms with Crippen molar-refractivity contribution in [1.29, 1.82) is 0 Å². The molecule has 54 heavy (non-hydrogen) atoms. The molecule has 0 unspecified atom stereocenters. The first-order valence-electron chi connectivity index (χ1n) is 18.7. The highest BCUT2D eigenvalue weighted by Crippen LogP contribution is 2.44. The predicted octanol–water partition coefficient (Wildman–Crippen LogP) is 6.96. The highest BCUT2D eigenvalue weighted by molar-refractivity contribution is 5.86. The number of ketones is 1. The normalized spacial score (nSPS) is 12.6. The molecule has 4 rings (SSSR count). The lowest BCUT2D eigenvalue weighted by Crippen LogP contribution is -2.47. The van der Waals surface area contributed by atoms with Crippen molar-refractivity contribution < 1.29 is 38.2 Å². The number of hydrogen-bond donors (Lipinski definition) is 3. The number of hydrogen-bond acceptors (Lipinski definition) is 8. The van der Waals surface area contributed by atoms with Gasteiger partial charge < -0.3 is 35.1 Å². The molecule has 0 saturated carbocycles. The summed E-state index contributed by atoms with van der Waals surface area (Å²) in [6, 6.07) is 25.3. The fraction of sp³-hybridized carbons (Fsp3) is 0.452. The number of nitrogens with zero attached hydrogens (tertiary/aromatic N) is 1. The molecule has 0 saturated heterocycles. The van der Waals surface area contributed by atoms with Crippen LogP contribution in [0, 0.1) is 5.92 Å². The van der Waals surface area contributed by atoms with Crippen LogP contribution < -0.4 is 16.0 Å². The predicted molar refractivity (Wildman–Crippen MR) is 206 cm³/mol. The fourth-order valence-electron chi connectivity index (χ4n) is 6.33. The van der Waals surface area contributed by atoms with Gasteiger partial charge in [-0.2, -0.15) is 0 Å². The number of amides is 4. The third-order valence-corrected chi connectivity index (χ3v) is 9.26. The van der Waals surface area contributed by atoms with Crippen molar-refractivity contribution in [3.05, 3.63) is 95.6 Å². The van der Waals surface area contributed by atoms with Gasteiger partial charge in [-0.15, -0.1) is 0 Å². The van der Waals surface area contributed by atoms with E-state index in [0.29, 0.717) is 6.54 Å². The standard InChI is InChI=1S/C42H54N4O8/c1-6-29(7-2)27-46(24-22-31(47)25-44-39(49)52-28-30-15-9-8-10-16-30)38(48)37(21-23-43-41(51)54-42(3,4)5)53-40(50)45-26-36-34-19-13-11-17-32(34)33-18-12-14-20-35(33)36/h8-20,29,36-37H,6-7,21-28H2,1-5H3,(H,43,51)(H,44,49)(H,45,50)/t37-/m0/s1. The maximum Gasteiger partial charge on any atom is 0.407 e. The van der Waals surface area contributed by atoms with E-state index < -0.39 is 35.9 Å². The molecule has 3 aromatic rings. The Balaban J connectivity index is 1.41. The monoisotopic (exact) mass is 742 g/mol. The summed E-state index contributed by atoms with van der Waals surface area (Å²) >= 11 is 0. The lowest BCUT2D eigenvalue weighted by Gasteiger charge is -2.30. The molecule has 4 amide bonds. The van der Waals surface area contributed by atoms with Crippen molar-refractivity contribution in [2.75, 3.05) is 32.7 Å². The van der Waals surface area contributed by atoms with Crippen LogP contribution in [0.15, 0.2) is 78.9 Å². The molecule has 1 aliphatic carbocycles. The molecular weight excluding hydrogens is 688 g/mol. The molecule has 0 heterocycles. The lowest BCUT2D eigenvalue weighted by molar-refractivity contribution is -0.141. The SMILES string of the molecule is CCC(CC)CN(CCC(=O)CNC(=O)OCc1ccccc1)C(=O)[C@H](CCNC(=O)OC(C)(C)C)OC(=O)NCC1c2ccccc2-c2ccccc21. The minimum absolute atomic E-state index is 0.00521. The zero-order chi connectivity index (χ0) is 39.1. The molecule has 12 nitrogen and oxygen atoms in total. The van der Waals surface area contributed by atoms with Crippen LogP contribution in [0.3, 0.4) is 0 Å². The summed E-state index contributed by atoms with van der Waals surface area (Å²) in [7, 11) is 0. The largest absolute Gasteiger partial charge is 0.445 e. The van der Waals surface area contributed by atoms with Crippen molar-refractivity contribution in [3.63, 3.8) is 0 Å². The summed E-state index contributed by atoms with van der Waals surface area (Å²) in [5, 5.41) is 8.00. The third-order valence-electron chi connectivity index (χ3n) is 9.26. The second-order valence-electron chi connectivity index (χ2n) is 14.4. The quantitative estimate of drug-likeness (QED) is 0.118. The summed E-state index contributed by atoms with van der Waals surface area (Å²) in [4.78, 5) is 66.7. The van der Waals surface area contributed by atoms with Gasteiger partial charge in [0.25, 0.3) is 5.91 Å². The molecule has 0 aromatic heterocycles. The van der Waals surface area contributed by atoms with Crippen LogP contribution in [0.25, 0.3) is 11.1 Å². The molecular formula is C42H54N4O8. The fourth-order valence-corrected chi connectivity index (χ4v) is 6.33. The molecule has 3 aromatic carbocycles. The van der Waals surface area contributed by atoms with Gasteiger partial charge in [-0.05, 0) is 54.5 Å². The minimum Gasteiger partial charge on any atom is -0.445 e. The van der Waals surface area contributed by atoms with Crippen LogP contribution >= 0.6 is 0 Å². The maximum absolute atomic E-state index is 14.2. The zero-order valence-corrected chi connectivity index (χ0v) is 32.0. The van der Waals surface area contributed by atoms with Crippen molar-refractivity contribution in [2.45, 2.75) is 84.5 Å². The Labute approximate surface area is 318 Å². The van der Waals surface area contributed by atoms with E-state index in [-0.39, 0.29) is 63.2 Å². The van der Waals surface area contributed by atoms with Gasteiger partial charge in [0, 0.05) is 44.9 Å². The van der Waals surface area contributed by atoms with Gasteiger partial charge in [-0.1, -0.05) is 106 Å². The molecule has 0 aliphatic heterocycles. The summed E-state index contributed by atoms with van der Waals surface area (Å²) in [6.45, 7) is 9.71. The molecule has 290 valence electrons. The Morgan fingerprint density at radius 1 is 0.759 bits per heavy atom. The number of rotatable bonds is 18. The Bertz CT molecular complexity index is 1670. The number of carbonyl (C=O) groups is 5. The third kappa shape index (κ3) is 12.6. The number of benzene rings is 3. The first kappa shape index (κ1) is 41.4. The Morgan fingerprint density at radius 2 is 1.37 bits per heavy atom. The second-order valence-corrected chi connectivity index (χ2v) is 14.4. The number of Topliss-reactive ketones (excluding diaryl/α,β-unsaturated/α-hetero) is 1. The number of nitrogens with one attached hydrogen (secondary N) is 3. The Kier molecular flexibility index (Phi) is 15.5. The first-order chi connectivity index (χ1) is 25.9. The van der Waals surface area contributed by atoms with Crippen molar-refractivity contribution in [3.8, 4) is 11.1 Å². The van der Waals surface area contributed by atoms with Gasteiger partial charge in [0.15, 0.2) is 11.9 Å².